The number of carbonyl (C=O) groups excluding carboxylic acids is 1. The second kappa shape index (κ2) is 7.48. The van der Waals surface area contributed by atoms with Crippen molar-refractivity contribution in [1.82, 2.24) is 15.2 Å². The first kappa shape index (κ1) is 16.5. The predicted octanol–water partition coefficient (Wildman–Crippen LogP) is 2.67. The fourth-order valence-corrected chi connectivity index (χ4v) is 2.50. The number of ether oxygens (including phenoxy) is 2. The maximum absolute atomic E-state index is 12.4. The van der Waals surface area contributed by atoms with Gasteiger partial charge in [0.2, 0.25) is 5.91 Å². The molecular formula is C18H18N4O3. The summed E-state index contributed by atoms with van der Waals surface area (Å²) in [6.45, 7) is 0. The Morgan fingerprint density at radius 2 is 1.92 bits per heavy atom. The third-order valence-corrected chi connectivity index (χ3v) is 3.68. The SMILES string of the molecule is COc1ccc(CC(=O)Nc2ccccc2-c2ncn[nH]2)cc1OC. The van der Waals surface area contributed by atoms with E-state index in [2.05, 4.69) is 20.5 Å². The van der Waals surface area contributed by atoms with Crippen LogP contribution >= 0.6 is 0 Å². The third-order valence-electron chi connectivity index (χ3n) is 3.68. The van der Waals surface area contributed by atoms with Gasteiger partial charge in [-0.05, 0) is 29.8 Å². The Balaban J connectivity index is 1.76. The molecule has 0 radical (unpaired) electrons. The number of amides is 1. The number of carbonyl (C=O) groups is 1. The van der Waals surface area contributed by atoms with E-state index in [-0.39, 0.29) is 12.3 Å². The summed E-state index contributed by atoms with van der Waals surface area (Å²) in [7, 11) is 3.14. The normalized spacial score (nSPS) is 10.3. The monoisotopic (exact) mass is 338 g/mol. The summed E-state index contributed by atoms with van der Waals surface area (Å²) in [6.07, 6.45) is 1.64. The summed E-state index contributed by atoms with van der Waals surface area (Å²) < 4.78 is 10.5. The fourth-order valence-electron chi connectivity index (χ4n) is 2.50. The van der Waals surface area contributed by atoms with E-state index < -0.39 is 0 Å². The van der Waals surface area contributed by atoms with Crippen molar-refractivity contribution in [2.75, 3.05) is 19.5 Å². The first-order valence-electron chi connectivity index (χ1n) is 7.66. The van der Waals surface area contributed by atoms with Crippen molar-refractivity contribution in [2.45, 2.75) is 6.42 Å². The molecule has 2 N–H and O–H groups in total. The summed E-state index contributed by atoms with van der Waals surface area (Å²) in [6, 6.07) is 12.8. The summed E-state index contributed by atoms with van der Waals surface area (Å²) in [4.78, 5) is 16.6. The second-order valence-electron chi connectivity index (χ2n) is 5.29. The lowest BCUT2D eigenvalue weighted by Crippen LogP contribution is -2.15. The Morgan fingerprint density at radius 3 is 2.64 bits per heavy atom. The first-order chi connectivity index (χ1) is 12.2. The number of para-hydroxylation sites is 1. The lowest BCUT2D eigenvalue weighted by atomic mass is 10.1. The molecule has 0 saturated heterocycles. The maximum Gasteiger partial charge on any atom is 0.228 e. The van der Waals surface area contributed by atoms with Gasteiger partial charge in [-0.25, -0.2) is 4.98 Å². The van der Waals surface area contributed by atoms with Crippen LogP contribution in [0, 0.1) is 0 Å². The van der Waals surface area contributed by atoms with Crippen LogP contribution in [-0.4, -0.2) is 35.3 Å². The van der Waals surface area contributed by atoms with Gasteiger partial charge in [-0.2, -0.15) is 5.10 Å². The van der Waals surface area contributed by atoms with Crippen molar-refractivity contribution in [1.29, 1.82) is 0 Å². The fraction of sp³-hybridized carbons (Fsp3) is 0.167. The summed E-state index contributed by atoms with van der Waals surface area (Å²) >= 11 is 0. The minimum atomic E-state index is -0.140. The van der Waals surface area contributed by atoms with E-state index in [1.807, 2.05) is 30.3 Å². The molecule has 128 valence electrons. The molecule has 0 aliphatic heterocycles. The molecule has 0 aliphatic rings. The van der Waals surface area contributed by atoms with Gasteiger partial charge in [0.1, 0.15) is 6.33 Å². The van der Waals surface area contributed by atoms with E-state index in [1.165, 1.54) is 6.33 Å². The van der Waals surface area contributed by atoms with Crippen molar-refractivity contribution in [3.8, 4) is 22.9 Å². The Morgan fingerprint density at radius 1 is 1.12 bits per heavy atom. The van der Waals surface area contributed by atoms with Gasteiger partial charge < -0.3 is 14.8 Å². The van der Waals surface area contributed by atoms with E-state index in [0.717, 1.165) is 11.1 Å². The molecule has 1 heterocycles. The zero-order valence-electron chi connectivity index (χ0n) is 13.9. The lowest BCUT2D eigenvalue weighted by molar-refractivity contribution is -0.115. The van der Waals surface area contributed by atoms with Crippen molar-refractivity contribution >= 4 is 11.6 Å². The van der Waals surface area contributed by atoms with Crippen LogP contribution in [0.1, 0.15) is 5.56 Å². The number of aromatic nitrogens is 3. The lowest BCUT2D eigenvalue weighted by Gasteiger charge is -2.11. The van der Waals surface area contributed by atoms with Crippen LogP contribution in [0.2, 0.25) is 0 Å². The van der Waals surface area contributed by atoms with E-state index in [0.29, 0.717) is 23.0 Å². The van der Waals surface area contributed by atoms with E-state index in [1.54, 1.807) is 26.4 Å². The first-order valence-corrected chi connectivity index (χ1v) is 7.66. The molecule has 7 nitrogen and oxygen atoms in total. The highest BCUT2D eigenvalue weighted by molar-refractivity contribution is 5.95. The van der Waals surface area contributed by atoms with E-state index in [4.69, 9.17) is 9.47 Å². The van der Waals surface area contributed by atoms with Crippen LogP contribution in [0.15, 0.2) is 48.8 Å². The zero-order chi connectivity index (χ0) is 17.6. The predicted molar refractivity (Wildman–Crippen MR) is 93.7 cm³/mol. The second-order valence-corrected chi connectivity index (χ2v) is 5.29. The molecule has 1 amide bonds. The molecule has 25 heavy (non-hydrogen) atoms. The molecule has 0 fully saturated rings. The number of methoxy groups -OCH3 is 2. The maximum atomic E-state index is 12.4. The van der Waals surface area contributed by atoms with Gasteiger partial charge in [-0.3, -0.25) is 9.89 Å². The van der Waals surface area contributed by atoms with Crippen LogP contribution in [0.3, 0.4) is 0 Å². The Kier molecular flexibility index (Phi) is 4.94. The molecule has 0 bridgehead atoms. The molecular weight excluding hydrogens is 320 g/mol. The number of benzene rings is 2. The number of H-pyrrole nitrogens is 1. The van der Waals surface area contributed by atoms with Crippen molar-refractivity contribution < 1.29 is 14.3 Å². The highest BCUT2D eigenvalue weighted by atomic mass is 16.5. The van der Waals surface area contributed by atoms with Crippen LogP contribution in [-0.2, 0) is 11.2 Å². The van der Waals surface area contributed by atoms with Crippen LogP contribution in [0.5, 0.6) is 11.5 Å². The molecule has 3 rings (SSSR count). The van der Waals surface area contributed by atoms with Crippen molar-refractivity contribution in [3.05, 3.63) is 54.4 Å². The highest BCUT2D eigenvalue weighted by Gasteiger charge is 2.12. The molecule has 0 aliphatic carbocycles. The van der Waals surface area contributed by atoms with Crippen molar-refractivity contribution in [3.63, 3.8) is 0 Å². The van der Waals surface area contributed by atoms with Gasteiger partial charge in [-0.15, -0.1) is 0 Å². The summed E-state index contributed by atoms with van der Waals surface area (Å²) in [5, 5.41) is 9.56. The van der Waals surface area contributed by atoms with Gasteiger partial charge in [0.25, 0.3) is 0 Å². The van der Waals surface area contributed by atoms with Crippen LogP contribution in [0.25, 0.3) is 11.4 Å². The molecule has 0 unspecified atom stereocenters. The minimum absolute atomic E-state index is 0.140. The van der Waals surface area contributed by atoms with Crippen LogP contribution in [0.4, 0.5) is 5.69 Å². The Labute approximate surface area is 145 Å². The van der Waals surface area contributed by atoms with Crippen molar-refractivity contribution in [2.24, 2.45) is 0 Å². The van der Waals surface area contributed by atoms with Gasteiger partial charge in [0, 0.05) is 5.56 Å². The molecule has 0 spiro atoms. The number of anilines is 1. The quantitative estimate of drug-likeness (QED) is 0.721. The largest absolute Gasteiger partial charge is 0.493 e. The van der Waals surface area contributed by atoms with Gasteiger partial charge in [-0.1, -0.05) is 18.2 Å². The van der Waals surface area contributed by atoms with Gasteiger partial charge in [0.05, 0.1) is 26.3 Å². The summed E-state index contributed by atoms with van der Waals surface area (Å²) in [5.74, 6) is 1.68. The number of aromatic amines is 1. The molecule has 7 heteroatoms. The molecule has 3 aromatic rings. The van der Waals surface area contributed by atoms with Crippen LogP contribution < -0.4 is 14.8 Å². The van der Waals surface area contributed by atoms with E-state index in [9.17, 15) is 4.79 Å². The summed E-state index contributed by atoms with van der Waals surface area (Å²) in [5.41, 5.74) is 2.28. The Bertz CT molecular complexity index is 863. The smallest absolute Gasteiger partial charge is 0.228 e. The number of hydrogen-bond donors (Lipinski definition) is 2. The number of rotatable bonds is 6. The average molecular weight is 338 g/mol. The van der Waals surface area contributed by atoms with Gasteiger partial charge in [0.15, 0.2) is 17.3 Å². The Hall–Kier alpha value is -3.35. The van der Waals surface area contributed by atoms with Gasteiger partial charge >= 0.3 is 0 Å². The number of nitrogens with one attached hydrogen (secondary N) is 2. The molecule has 0 atom stereocenters. The minimum Gasteiger partial charge on any atom is -0.493 e. The zero-order valence-corrected chi connectivity index (χ0v) is 13.9. The molecule has 1 aromatic heterocycles. The average Bonchev–Trinajstić information content (AvgIpc) is 3.16. The highest BCUT2D eigenvalue weighted by Crippen LogP contribution is 2.28. The topological polar surface area (TPSA) is 89.1 Å². The standard InChI is InChI=1S/C18H18N4O3/c1-24-15-8-7-12(9-16(15)25-2)10-17(23)21-14-6-4-3-5-13(14)18-19-11-20-22-18/h3-9,11H,10H2,1-2H3,(H,21,23)(H,19,20,22). The number of hydrogen-bond acceptors (Lipinski definition) is 5. The third kappa shape index (κ3) is 3.77. The van der Waals surface area contributed by atoms with E-state index >= 15 is 0 Å². The molecule has 0 saturated carbocycles. The number of nitrogens with zero attached hydrogens (tertiary/aromatic N) is 2. The molecule has 2 aromatic carbocycles.